The Morgan fingerprint density at radius 2 is 1.47 bits per heavy atom. The average molecular weight is 438 g/mol. The van der Waals surface area contributed by atoms with E-state index in [1.54, 1.807) is 13.5 Å². The van der Waals surface area contributed by atoms with Crippen molar-refractivity contribution in [1.29, 1.82) is 0 Å². The van der Waals surface area contributed by atoms with E-state index >= 15 is 0 Å². The van der Waals surface area contributed by atoms with Gasteiger partial charge < -0.3 is 9.64 Å². The fourth-order valence-corrected chi connectivity index (χ4v) is 5.70. The molecule has 0 spiro atoms. The Morgan fingerprint density at radius 3 is 2.13 bits per heavy atom. The summed E-state index contributed by atoms with van der Waals surface area (Å²) < 4.78 is 34.6. The predicted octanol–water partition coefficient (Wildman–Crippen LogP) is 2.29. The van der Waals surface area contributed by atoms with E-state index in [0.717, 1.165) is 32.1 Å². The topological polar surface area (TPSA) is 70.2 Å². The molecule has 1 aromatic carbocycles. The molecule has 2 saturated heterocycles. The quantitative estimate of drug-likeness (QED) is 0.556. The Bertz CT molecular complexity index is 741. The fourth-order valence-electron chi connectivity index (χ4n) is 4.02. The number of nitrogens with zero attached hydrogens (tertiary/aromatic N) is 3. The van der Waals surface area contributed by atoms with Gasteiger partial charge in [0.05, 0.1) is 6.61 Å². The van der Waals surface area contributed by atoms with Crippen molar-refractivity contribution in [3.05, 3.63) is 35.9 Å². The second-order valence-electron chi connectivity index (χ2n) is 8.05. The molecule has 3 rings (SSSR count). The molecular formula is C22H35N3O4S. The zero-order valence-corrected chi connectivity index (χ0v) is 18.7. The van der Waals surface area contributed by atoms with Gasteiger partial charge in [0.1, 0.15) is 0 Å². The Balaban J connectivity index is 1.32. The summed E-state index contributed by atoms with van der Waals surface area (Å²) in [7, 11) is -3.40. The molecular weight excluding hydrogens is 402 g/mol. The number of ether oxygens (including phenoxy) is 1. The molecule has 0 aromatic heterocycles. The lowest BCUT2D eigenvalue weighted by Gasteiger charge is -2.36. The van der Waals surface area contributed by atoms with Crippen LogP contribution >= 0.6 is 0 Å². The molecule has 1 amide bonds. The van der Waals surface area contributed by atoms with Gasteiger partial charge in [0.2, 0.25) is 5.91 Å². The number of amides is 1. The van der Waals surface area contributed by atoms with Gasteiger partial charge in [0.15, 0.2) is 0 Å². The third kappa shape index (κ3) is 6.77. The zero-order chi connectivity index (χ0) is 21.2. The van der Waals surface area contributed by atoms with Crippen LogP contribution in [0.1, 0.15) is 44.1 Å². The van der Waals surface area contributed by atoms with Gasteiger partial charge in [-0.05, 0) is 31.2 Å². The summed E-state index contributed by atoms with van der Waals surface area (Å²) in [5, 5.41) is 0. The van der Waals surface area contributed by atoms with Crippen LogP contribution in [0.4, 0.5) is 0 Å². The van der Waals surface area contributed by atoms with Gasteiger partial charge >= 0.3 is 0 Å². The second-order valence-corrected chi connectivity index (χ2v) is 9.98. The zero-order valence-electron chi connectivity index (χ0n) is 17.9. The number of rotatable bonds is 9. The SMILES string of the molecule is O=C(CCCOCCc1ccccc1)N1CCN(S(=O)(=O)N2CCCCCC2)CC1. The molecule has 0 N–H and O–H groups in total. The van der Waals surface area contributed by atoms with Crippen molar-refractivity contribution < 1.29 is 17.9 Å². The van der Waals surface area contributed by atoms with Crippen molar-refractivity contribution in [2.24, 2.45) is 0 Å². The first-order valence-corrected chi connectivity index (χ1v) is 12.6. The number of carbonyl (C=O) groups excluding carboxylic acids is 1. The van der Waals surface area contributed by atoms with Crippen LogP contribution in [0.3, 0.4) is 0 Å². The van der Waals surface area contributed by atoms with Gasteiger partial charge in [-0.3, -0.25) is 4.79 Å². The lowest BCUT2D eigenvalue weighted by atomic mass is 10.2. The van der Waals surface area contributed by atoms with Crippen molar-refractivity contribution in [3.63, 3.8) is 0 Å². The number of hydrogen-bond acceptors (Lipinski definition) is 4. The summed E-state index contributed by atoms with van der Waals surface area (Å²) in [6.45, 7) is 4.18. The van der Waals surface area contributed by atoms with Gasteiger partial charge in [0, 0.05) is 52.3 Å². The van der Waals surface area contributed by atoms with Crippen LogP contribution in [-0.2, 0) is 26.2 Å². The molecule has 2 aliphatic rings. The maximum Gasteiger partial charge on any atom is 0.282 e. The highest BCUT2D eigenvalue weighted by atomic mass is 32.2. The summed E-state index contributed by atoms with van der Waals surface area (Å²) in [6.07, 6.45) is 6.09. The molecule has 168 valence electrons. The standard InChI is InChI=1S/C22H35N3O4S/c26-22(11-8-19-29-20-12-21-9-4-3-5-10-21)23-15-17-25(18-16-23)30(27,28)24-13-6-1-2-7-14-24/h3-5,9-10H,1-2,6-8,11-20H2. The van der Waals surface area contributed by atoms with Crippen molar-refractivity contribution in [2.75, 3.05) is 52.5 Å². The number of benzene rings is 1. The Labute approximate surface area is 181 Å². The largest absolute Gasteiger partial charge is 0.381 e. The third-order valence-corrected chi connectivity index (χ3v) is 7.90. The van der Waals surface area contributed by atoms with E-state index in [1.165, 1.54) is 5.56 Å². The first-order valence-electron chi connectivity index (χ1n) is 11.2. The third-order valence-electron chi connectivity index (χ3n) is 5.87. The normalized spacial score (nSPS) is 19.5. The highest BCUT2D eigenvalue weighted by Crippen LogP contribution is 2.18. The summed E-state index contributed by atoms with van der Waals surface area (Å²) in [4.78, 5) is 14.2. The van der Waals surface area contributed by atoms with E-state index in [0.29, 0.717) is 65.3 Å². The molecule has 2 heterocycles. The molecule has 8 heteroatoms. The maximum absolute atomic E-state index is 12.9. The molecule has 0 aliphatic carbocycles. The van der Waals surface area contributed by atoms with Gasteiger partial charge in [-0.25, -0.2) is 0 Å². The predicted molar refractivity (Wildman–Crippen MR) is 117 cm³/mol. The Hall–Kier alpha value is -1.48. The minimum Gasteiger partial charge on any atom is -0.381 e. The first kappa shape index (κ1) is 23.2. The van der Waals surface area contributed by atoms with Crippen molar-refractivity contribution >= 4 is 16.1 Å². The molecule has 1 aromatic rings. The summed E-state index contributed by atoms with van der Waals surface area (Å²) in [6, 6.07) is 10.2. The van der Waals surface area contributed by atoms with Crippen LogP contribution in [0.15, 0.2) is 30.3 Å². The van der Waals surface area contributed by atoms with Crippen LogP contribution in [0.5, 0.6) is 0 Å². The minimum atomic E-state index is -3.40. The second kappa shape index (κ2) is 11.8. The Kier molecular flexibility index (Phi) is 9.11. The first-order chi connectivity index (χ1) is 14.6. The molecule has 0 radical (unpaired) electrons. The monoisotopic (exact) mass is 437 g/mol. The molecule has 0 bridgehead atoms. The summed E-state index contributed by atoms with van der Waals surface area (Å²) in [5.41, 5.74) is 1.25. The summed E-state index contributed by atoms with van der Waals surface area (Å²) >= 11 is 0. The van der Waals surface area contributed by atoms with E-state index in [4.69, 9.17) is 4.74 Å². The molecule has 2 aliphatic heterocycles. The van der Waals surface area contributed by atoms with E-state index in [2.05, 4.69) is 12.1 Å². The number of piperazine rings is 1. The minimum absolute atomic E-state index is 0.0912. The van der Waals surface area contributed by atoms with E-state index in [9.17, 15) is 13.2 Å². The van der Waals surface area contributed by atoms with E-state index < -0.39 is 10.2 Å². The lowest BCUT2D eigenvalue weighted by molar-refractivity contribution is -0.132. The maximum atomic E-state index is 12.9. The van der Waals surface area contributed by atoms with Crippen LogP contribution in [0, 0.1) is 0 Å². The van der Waals surface area contributed by atoms with Gasteiger partial charge in [-0.2, -0.15) is 17.0 Å². The average Bonchev–Trinajstić information content (AvgIpc) is 3.07. The van der Waals surface area contributed by atoms with Crippen molar-refractivity contribution in [3.8, 4) is 0 Å². The van der Waals surface area contributed by atoms with E-state index in [-0.39, 0.29) is 5.91 Å². The summed E-state index contributed by atoms with van der Waals surface area (Å²) in [5.74, 6) is 0.0912. The van der Waals surface area contributed by atoms with Crippen molar-refractivity contribution in [2.45, 2.75) is 44.9 Å². The molecule has 0 atom stereocenters. The molecule has 30 heavy (non-hydrogen) atoms. The smallest absolute Gasteiger partial charge is 0.282 e. The lowest BCUT2D eigenvalue weighted by Crippen LogP contribution is -2.54. The van der Waals surface area contributed by atoms with Gasteiger partial charge in [0.25, 0.3) is 10.2 Å². The van der Waals surface area contributed by atoms with Gasteiger partial charge in [-0.1, -0.05) is 43.2 Å². The Morgan fingerprint density at radius 1 is 0.833 bits per heavy atom. The molecule has 7 nitrogen and oxygen atoms in total. The molecule has 2 fully saturated rings. The number of carbonyl (C=O) groups is 1. The van der Waals surface area contributed by atoms with E-state index in [1.807, 2.05) is 18.2 Å². The molecule has 0 unspecified atom stereocenters. The van der Waals surface area contributed by atoms with Crippen LogP contribution in [0.25, 0.3) is 0 Å². The van der Waals surface area contributed by atoms with Crippen LogP contribution in [-0.4, -0.2) is 80.3 Å². The van der Waals surface area contributed by atoms with Crippen LogP contribution in [0.2, 0.25) is 0 Å². The highest BCUT2D eigenvalue weighted by molar-refractivity contribution is 7.86. The van der Waals surface area contributed by atoms with Crippen LogP contribution < -0.4 is 0 Å². The highest BCUT2D eigenvalue weighted by Gasteiger charge is 2.33. The number of hydrogen-bond donors (Lipinski definition) is 0. The molecule has 0 saturated carbocycles. The fraction of sp³-hybridized carbons (Fsp3) is 0.682. The van der Waals surface area contributed by atoms with Gasteiger partial charge in [-0.15, -0.1) is 0 Å². The van der Waals surface area contributed by atoms with Crippen molar-refractivity contribution in [1.82, 2.24) is 13.5 Å².